The van der Waals surface area contributed by atoms with Gasteiger partial charge in [0, 0.05) is 11.0 Å². The topological polar surface area (TPSA) is 29.1 Å². The molecule has 0 heterocycles. The minimum atomic E-state index is 0.00270. The summed E-state index contributed by atoms with van der Waals surface area (Å²) >= 11 is 6.42. The fourth-order valence-electron chi connectivity index (χ4n) is 0.850. The Morgan fingerprint density at radius 2 is 1.92 bits per heavy atom. The van der Waals surface area contributed by atoms with E-state index in [4.69, 9.17) is 0 Å². The molecule has 0 aliphatic carbocycles. The van der Waals surface area contributed by atoms with Gasteiger partial charge in [-0.2, -0.15) is 0 Å². The van der Waals surface area contributed by atoms with E-state index in [1.807, 2.05) is 24.3 Å². The summed E-state index contributed by atoms with van der Waals surface area (Å²) in [5, 5.41) is 3.12. The van der Waals surface area contributed by atoms with Gasteiger partial charge in [-0.1, -0.05) is 44.0 Å². The van der Waals surface area contributed by atoms with Crippen molar-refractivity contribution in [1.82, 2.24) is 5.32 Å². The monoisotopic (exact) mass is 305 g/mol. The Hall–Kier alpha value is -0.350. The predicted molar refractivity (Wildman–Crippen MR) is 59.8 cm³/mol. The van der Waals surface area contributed by atoms with Gasteiger partial charge in [0.25, 0.3) is 0 Å². The Balaban J connectivity index is 2.46. The van der Waals surface area contributed by atoms with Crippen LogP contribution in [0.3, 0.4) is 0 Å². The maximum Gasteiger partial charge on any atom is 0.230 e. The van der Waals surface area contributed by atoms with Crippen molar-refractivity contribution in [3.63, 3.8) is 0 Å². The van der Waals surface area contributed by atoms with E-state index in [0.717, 1.165) is 10.0 Å². The minimum Gasteiger partial charge on any atom is -0.351 e. The van der Waals surface area contributed by atoms with Crippen LogP contribution in [0.15, 0.2) is 28.7 Å². The number of amides is 1. The summed E-state index contributed by atoms with van der Waals surface area (Å²) in [6.45, 7) is 0.581. The second kappa shape index (κ2) is 5.40. The summed E-state index contributed by atoms with van der Waals surface area (Å²) < 4.78 is 1.04. The molecule has 13 heavy (non-hydrogen) atoms. The van der Waals surface area contributed by atoms with Gasteiger partial charge in [0.05, 0.1) is 5.33 Å². The van der Waals surface area contributed by atoms with Crippen LogP contribution in [0.2, 0.25) is 0 Å². The molecule has 2 nitrogen and oxygen atoms in total. The fourth-order valence-corrected chi connectivity index (χ4v) is 1.31. The van der Waals surface area contributed by atoms with Gasteiger partial charge in [0.15, 0.2) is 0 Å². The lowest BCUT2D eigenvalue weighted by molar-refractivity contribution is -0.118. The second-order valence-electron chi connectivity index (χ2n) is 2.54. The number of hydrogen-bond donors (Lipinski definition) is 1. The van der Waals surface area contributed by atoms with Crippen molar-refractivity contribution < 1.29 is 4.79 Å². The summed E-state index contributed by atoms with van der Waals surface area (Å²) in [6.07, 6.45) is 0. The average molecular weight is 307 g/mol. The highest BCUT2D eigenvalue weighted by atomic mass is 79.9. The molecule has 0 spiro atoms. The lowest BCUT2D eigenvalue weighted by Crippen LogP contribution is -2.23. The Bertz CT molecular complexity index is 284. The molecule has 1 N–H and O–H groups in total. The number of carbonyl (C=O) groups is 1. The normalized spacial score (nSPS) is 9.69. The van der Waals surface area contributed by atoms with Crippen LogP contribution < -0.4 is 5.32 Å². The number of alkyl halides is 1. The molecule has 1 aromatic rings. The van der Waals surface area contributed by atoms with Gasteiger partial charge in [-0.3, -0.25) is 4.79 Å². The van der Waals surface area contributed by atoms with E-state index in [1.54, 1.807) is 0 Å². The van der Waals surface area contributed by atoms with Crippen LogP contribution in [-0.2, 0) is 11.3 Å². The first kappa shape index (κ1) is 10.7. The van der Waals surface area contributed by atoms with Crippen LogP contribution in [0.25, 0.3) is 0 Å². The Morgan fingerprint density at radius 3 is 2.46 bits per heavy atom. The summed E-state index contributed by atoms with van der Waals surface area (Å²) in [6, 6.07) is 7.85. The zero-order chi connectivity index (χ0) is 9.68. The van der Waals surface area contributed by atoms with Gasteiger partial charge in [0.1, 0.15) is 0 Å². The first-order chi connectivity index (χ1) is 6.22. The number of carbonyl (C=O) groups excluding carboxylic acids is 1. The molecule has 0 radical (unpaired) electrons. The molecule has 0 bridgehead atoms. The third-order valence-corrected chi connectivity index (χ3v) is 2.56. The van der Waals surface area contributed by atoms with Crippen molar-refractivity contribution in [2.45, 2.75) is 6.54 Å². The molecule has 0 saturated carbocycles. The molecule has 1 rings (SSSR count). The molecule has 0 atom stereocenters. The molecular weight excluding hydrogens is 298 g/mol. The molecular formula is C9H9Br2NO. The molecule has 0 saturated heterocycles. The van der Waals surface area contributed by atoms with Crippen LogP contribution in [-0.4, -0.2) is 11.2 Å². The van der Waals surface area contributed by atoms with Gasteiger partial charge in [-0.15, -0.1) is 0 Å². The molecule has 0 aliphatic rings. The Morgan fingerprint density at radius 1 is 1.31 bits per heavy atom. The van der Waals surface area contributed by atoms with Crippen molar-refractivity contribution in [1.29, 1.82) is 0 Å². The summed E-state index contributed by atoms with van der Waals surface area (Å²) in [7, 11) is 0. The summed E-state index contributed by atoms with van der Waals surface area (Å²) in [5.74, 6) is 0.00270. The second-order valence-corrected chi connectivity index (χ2v) is 4.01. The van der Waals surface area contributed by atoms with E-state index >= 15 is 0 Å². The summed E-state index contributed by atoms with van der Waals surface area (Å²) in [4.78, 5) is 10.9. The maximum atomic E-state index is 10.9. The fraction of sp³-hybridized carbons (Fsp3) is 0.222. The molecule has 70 valence electrons. The van der Waals surface area contributed by atoms with Gasteiger partial charge >= 0.3 is 0 Å². The molecule has 0 fully saturated rings. The highest BCUT2D eigenvalue weighted by molar-refractivity contribution is 9.10. The number of rotatable bonds is 3. The molecule has 1 amide bonds. The number of benzene rings is 1. The third-order valence-electron chi connectivity index (χ3n) is 1.52. The Labute approximate surface area is 94.0 Å². The molecule has 0 unspecified atom stereocenters. The van der Waals surface area contributed by atoms with E-state index in [1.165, 1.54) is 0 Å². The SMILES string of the molecule is O=C(CBr)NCc1ccc(Br)cc1. The largest absolute Gasteiger partial charge is 0.351 e. The predicted octanol–water partition coefficient (Wildman–Crippen LogP) is 2.46. The average Bonchev–Trinajstić information content (AvgIpc) is 2.16. The molecule has 0 aromatic heterocycles. The summed E-state index contributed by atoms with van der Waals surface area (Å²) in [5.41, 5.74) is 1.09. The van der Waals surface area contributed by atoms with Crippen LogP contribution in [0.5, 0.6) is 0 Å². The van der Waals surface area contributed by atoms with Gasteiger partial charge in [-0.25, -0.2) is 0 Å². The highest BCUT2D eigenvalue weighted by Crippen LogP contribution is 2.10. The molecule has 0 aliphatic heterocycles. The van der Waals surface area contributed by atoms with Crippen LogP contribution >= 0.6 is 31.9 Å². The number of halogens is 2. The van der Waals surface area contributed by atoms with Crippen molar-refractivity contribution >= 4 is 37.8 Å². The third kappa shape index (κ3) is 3.91. The number of nitrogens with one attached hydrogen (secondary N) is 1. The number of hydrogen-bond acceptors (Lipinski definition) is 1. The van der Waals surface area contributed by atoms with Crippen LogP contribution in [0, 0.1) is 0 Å². The van der Waals surface area contributed by atoms with Gasteiger partial charge < -0.3 is 5.32 Å². The van der Waals surface area contributed by atoms with Crippen molar-refractivity contribution in [2.24, 2.45) is 0 Å². The van der Waals surface area contributed by atoms with E-state index in [0.29, 0.717) is 11.9 Å². The van der Waals surface area contributed by atoms with E-state index in [9.17, 15) is 4.79 Å². The maximum absolute atomic E-state index is 10.9. The lowest BCUT2D eigenvalue weighted by atomic mass is 10.2. The zero-order valence-electron chi connectivity index (χ0n) is 6.89. The van der Waals surface area contributed by atoms with Crippen molar-refractivity contribution in [3.8, 4) is 0 Å². The first-order valence-electron chi connectivity index (χ1n) is 3.79. The first-order valence-corrected chi connectivity index (χ1v) is 5.71. The smallest absolute Gasteiger partial charge is 0.230 e. The van der Waals surface area contributed by atoms with E-state index in [-0.39, 0.29) is 5.91 Å². The van der Waals surface area contributed by atoms with Gasteiger partial charge in [0.2, 0.25) is 5.91 Å². The molecule has 4 heteroatoms. The van der Waals surface area contributed by atoms with E-state index in [2.05, 4.69) is 37.2 Å². The van der Waals surface area contributed by atoms with Crippen LogP contribution in [0.1, 0.15) is 5.56 Å². The zero-order valence-corrected chi connectivity index (χ0v) is 10.1. The van der Waals surface area contributed by atoms with Crippen molar-refractivity contribution in [2.75, 3.05) is 5.33 Å². The van der Waals surface area contributed by atoms with Crippen molar-refractivity contribution in [3.05, 3.63) is 34.3 Å². The lowest BCUT2D eigenvalue weighted by Gasteiger charge is -2.02. The standard InChI is InChI=1S/C9H9Br2NO/c10-5-9(13)12-6-7-1-3-8(11)4-2-7/h1-4H,5-6H2,(H,12,13). The quantitative estimate of drug-likeness (QED) is 0.854. The minimum absolute atomic E-state index is 0.00270. The van der Waals surface area contributed by atoms with E-state index < -0.39 is 0 Å². The highest BCUT2D eigenvalue weighted by Gasteiger charge is 1.97. The van der Waals surface area contributed by atoms with Crippen LogP contribution in [0.4, 0.5) is 0 Å². The van der Waals surface area contributed by atoms with Gasteiger partial charge in [-0.05, 0) is 17.7 Å². The molecule has 1 aromatic carbocycles. The Kier molecular flexibility index (Phi) is 4.45.